The molecule has 100 valence electrons. The van der Waals surface area contributed by atoms with Crippen molar-refractivity contribution in [2.75, 3.05) is 5.32 Å². The third-order valence-corrected chi connectivity index (χ3v) is 2.96. The van der Waals surface area contributed by atoms with E-state index >= 15 is 0 Å². The maximum atomic E-state index is 12.8. The molecule has 5 heteroatoms. The van der Waals surface area contributed by atoms with Crippen LogP contribution in [-0.2, 0) is 6.54 Å². The summed E-state index contributed by atoms with van der Waals surface area (Å²) in [6, 6.07) is 10.0. The summed E-state index contributed by atoms with van der Waals surface area (Å²) in [5, 5.41) is 3.30. The van der Waals surface area contributed by atoms with E-state index in [1.54, 1.807) is 12.1 Å². The van der Waals surface area contributed by atoms with Gasteiger partial charge in [0.1, 0.15) is 5.82 Å². The van der Waals surface area contributed by atoms with E-state index in [9.17, 15) is 13.2 Å². The molecule has 0 atom stereocenters. The molecule has 0 amide bonds. The van der Waals surface area contributed by atoms with E-state index in [2.05, 4.69) is 5.32 Å². The van der Waals surface area contributed by atoms with Gasteiger partial charge in [-0.05, 0) is 23.8 Å². The predicted octanol–water partition coefficient (Wildman–Crippen LogP) is 5.03. The topological polar surface area (TPSA) is 12.0 Å². The van der Waals surface area contributed by atoms with Gasteiger partial charge in [-0.2, -0.15) is 0 Å². The van der Waals surface area contributed by atoms with Crippen LogP contribution in [0.1, 0.15) is 17.6 Å². The molecule has 0 saturated carbocycles. The summed E-state index contributed by atoms with van der Waals surface area (Å²) in [7, 11) is 0. The summed E-state index contributed by atoms with van der Waals surface area (Å²) in [5.74, 6) is -0.406. The second-order valence-corrected chi connectivity index (χ2v) is 4.43. The van der Waals surface area contributed by atoms with Crippen molar-refractivity contribution in [3.05, 3.63) is 64.4 Å². The molecular weight excluding hydrogens is 275 g/mol. The number of hydrogen-bond acceptors (Lipinski definition) is 1. The number of hydrogen-bond donors (Lipinski definition) is 1. The van der Waals surface area contributed by atoms with Gasteiger partial charge in [0, 0.05) is 12.1 Å². The second-order valence-electron chi connectivity index (χ2n) is 4.02. The molecule has 0 radical (unpaired) electrons. The van der Waals surface area contributed by atoms with Gasteiger partial charge in [0.25, 0.3) is 6.43 Å². The lowest BCUT2D eigenvalue weighted by molar-refractivity contribution is 0.151. The minimum atomic E-state index is -2.46. The maximum Gasteiger partial charge on any atom is 0.263 e. The summed E-state index contributed by atoms with van der Waals surface area (Å²) < 4.78 is 37.6. The Morgan fingerprint density at radius 3 is 2.32 bits per heavy atom. The molecule has 0 aliphatic carbocycles. The first-order valence-electron chi connectivity index (χ1n) is 5.62. The van der Waals surface area contributed by atoms with Gasteiger partial charge in [0.15, 0.2) is 0 Å². The molecular formula is C14H11ClF3N. The molecule has 0 aromatic heterocycles. The summed E-state index contributed by atoms with van der Waals surface area (Å²) in [6.45, 7) is 0.425. The molecule has 0 aliphatic rings. The average Bonchev–Trinajstić information content (AvgIpc) is 2.38. The lowest BCUT2D eigenvalue weighted by Gasteiger charge is -2.09. The van der Waals surface area contributed by atoms with Crippen LogP contribution < -0.4 is 5.32 Å². The lowest BCUT2D eigenvalue weighted by atomic mass is 10.1. The first kappa shape index (κ1) is 13.7. The van der Waals surface area contributed by atoms with Gasteiger partial charge in [-0.25, -0.2) is 13.2 Å². The van der Waals surface area contributed by atoms with Gasteiger partial charge in [-0.3, -0.25) is 0 Å². The average molecular weight is 286 g/mol. The summed E-state index contributed by atoms with van der Waals surface area (Å²) >= 11 is 5.86. The van der Waals surface area contributed by atoms with Crippen LogP contribution in [0.4, 0.5) is 18.9 Å². The highest BCUT2D eigenvalue weighted by molar-refractivity contribution is 6.33. The quantitative estimate of drug-likeness (QED) is 0.831. The van der Waals surface area contributed by atoms with Crippen LogP contribution in [0.2, 0.25) is 5.02 Å². The van der Waals surface area contributed by atoms with Crippen molar-refractivity contribution in [1.82, 2.24) is 0 Å². The molecule has 2 aromatic carbocycles. The van der Waals surface area contributed by atoms with E-state index in [-0.39, 0.29) is 10.6 Å². The van der Waals surface area contributed by atoms with E-state index in [0.717, 1.165) is 5.56 Å². The zero-order valence-corrected chi connectivity index (χ0v) is 10.6. The Kier molecular flexibility index (Phi) is 4.32. The number of halogens is 4. The highest BCUT2D eigenvalue weighted by atomic mass is 35.5. The normalized spacial score (nSPS) is 10.8. The molecule has 2 aromatic rings. The number of nitrogens with one attached hydrogen (secondary N) is 1. The fourth-order valence-electron chi connectivity index (χ4n) is 1.61. The molecule has 0 aliphatic heterocycles. The van der Waals surface area contributed by atoms with Gasteiger partial charge in [0.05, 0.1) is 10.7 Å². The van der Waals surface area contributed by atoms with Crippen molar-refractivity contribution in [3.8, 4) is 0 Å². The third kappa shape index (κ3) is 3.64. The Morgan fingerprint density at radius 1 is 1.05 bits per heavy atom. The molecule has 1 nitrogen and oxygen atoms in total. The first-order chi connectivity index (χ1) is 9.06. The summed E-state index contributed by atoms with van der Waals surface area (Å²) in [4.78, 5) is 0. The highest BCUT2D eigenvalue weighted by Crippen LogP contribution is 2.23. The summed E-state index contributed by atoms with van der Waals surface area (Å²) in [6.07, 6.45) is -2.46. The minimum absolute atomic E-state index is 0.0106. The first-order valence-corrected chi connectivity index (χ1v) is 6.00. The largest absolute Gasteiger partial charge is 0.380 e. The Hall–Kier alpha value is -1.68. The van der Waals surface area contributed by atoms with Crippen LogP contribution in [0.3, 0.4) is 0 Å². The second kappa shape index (κ2) is 5.97. The zero-order chi connectivity index (χ0) is 13.8. The monoisotopic (exact) mass is 285 g/mol. The minimum Gasteiger partial charge on any atom is -0.380 e. The Morgan fingerprint density at radius 2 is 1.74 bits per heavy atom. The van der Waals surface area contributed by atoms with E-state index < -0.39 is 12.2 Å². The fourth-order valence-corrected chi connectivity index (χ4v) is 1.85. The van der Waals surface area contributed by atoms with Crippen molar-refractivity contribution in [2.45, 2.75) is 13.0 Å². The SMILES string of the molecule is Fc1ccc(NCc2ccc(C(F)F)cc2)c(Cl)c1. The number of rotatable bonds is 4. The maximum absolute atomic E-state index is 12.8. The van der Waals surface area contributed by atoms with E-state index in [0.29, 0.717) is 12.2 Å². The Labute approximate surface area is 114 Å². The molecule has 1 N–H and O–H groups in total. The third-order valence-electron chi connectivity index (χ3n) is 2.65. The van der Waals surface area contributed by atoms with Crippen LogP contribution >= 0.6 is 11.6 Å². The smallest absolute Gasteiger partial charge is 0.263 e. The molecule has 0 fully saturated rings. The van der Waals surface area contributed by atoms with Crippen molar-refractivity contribution in [3.63, 3.8) is 0 Å². The summed E-state index contributed by atoms with van der Waals surface area (Å²) in [5.41, 5.74) is 1.43. The number of benzene rings is 2. The molecule has 0 unspecified atom stereocenters. The van der Waals surface area contributed by atoms with Gasteiger partial charge in [-0.15, -0.1) is 0 Å². The van der Waals surface area contributed by atoms with E-state index in [1.165, 1.54) is 30.3 Å². The van der Waals surface area contributed by atoms with E-state index in [4.69, 9.17) is 11.6 Å². The van der Waals surface area contributed by atoms with Crippen LogP contribution in [0.15, 0.2) is 42.5 Å². The van der Waals surface area contributed by atoms with Crippen LogP contribution in [-0.4, -0.2) is 0 Å². The van der Waals surface area contributed by atoms with Crippen LogP contribution in [0.25, 0.3) is 0 Å². The molecule has 0 bridgehead atoms. The molecule has 0 spiro atoms. The highest BCUT2D eigenvalue weighted by Gasteiger charge is 2.06. The van der Waals surface area contributed by atoms with Gasteiger partial charge < -0.3 is 5.32 Å². The molecule has 0 saturated heterocycles. The van der Waals surface area contributed by atoms with Gasteiger partial charge in [0.2, 0.25) is 0 Å². The molecule has 19 heavy (non-hydrogen) atoms. The van der Waals surface area contributed by atoms with Gasteiger partial charge >= 0.3 is 0 Å². The number of alkyl halides is 2. The molecule has 2 rings (SSSR count). The van der Waals surface area contributed by atoms with Crippen molar-refractivity contribution >= 4 is 17.3 Å². The standard InChI is InChI=1S/C14H11ClF3N/c15-12-7-11(16)5-6-13(12)19-8-9-1-3-10(4-2-9)14(17)18/h1-7,14,19H,8H2. The lowest BCUT2D eigenvalue weighted by Crippen LogP contribution is -2.00. The van der Waals surface area contributed by atoms with Crippen LogP contribution in [0, 0.1) is 5.82 Å². The van der Waals surface area contributed by atoms with Crippen molar-refractivity contribution in [1.29, 1.82) is 0 Å². The van der Waals surface area contributed by atoms with E-state index in [1.807, 2.05) is 0 Å². The van der Waals surface area contributed by atoms with Gasteiger partial charge in [-0.1, -0.05) is 35.9 Å². The van der Waals surface area contributed by atoms with Crippen molar-refractivity contribution < 1.29 is 13.2 Å². The Bertz CT molecular complexity index is 555. The van der Waals surface area contributed by atoms with Crippen molar-refractivity contribution in [2.24, 2.45) is 0 Å². The Balaban J connectivity index is 2.02. The van der Waals surface area contributed by atoms with Crippen LogP contribution in [0.5, 0.6) is 0 Å². The zero-order valence-electron chi connectivity index (χ0n) is 9.84. The number of anilines is 1. The fraction of sp³-hybridized carbons (Fsp3) is 0.143. The molecule has 0 heterocycles. The predicted molar refractivity (Wildman–Crippen MR) is 70.1 cm³/mol.